The zero-order valence-electron chi connectivity index (χ0n) is 12.1. The number of aliphatic hydroxyl groups is 1. The quantitative estimate of drug-likeness (QED) is 0.918. The van der Waals surface area contributed by atoms with Crippen LogP contribution in [0.1, 0.15) is 15.9 Å². The number of ether oxygens (including phenoxy) is 2. The van der Waals surface area contributed by atoms with Crippen molar-refractivity contribution in [3.05, 3.63) is 59.7 Å². The Morgan fingerprint density at radius 3 is 2.64 bits per heavy atom. The third kappa shape index (κ3) is 3.04. The summed E-state index contributed by atoms with van der Waals surface area (Å²) in [6.07, 6.45) is 0. The molecular formula is C17H17NO4. The van der Waals surface area contributed by atoms with Crippen LogP contribution in [0.2, 0.25) is 0 Å². The van der Waals surface area contributed by atoms with E-state index in [1.54, 1.807) is 23.1 Å². The maximum atomic E-state index is 12.7. The van der Waals surface area contributed by atoms with Crippen LogP contribution in [-0.2, 0) is 6.54 Å². The fourth-order valence-electron chi connectivity index (χ4n) is 2.39. The minimum Gasteiger partial charge on any atom is -0.454 e. The molecule has 1 heterocycles. The van der Waals surface area contributed by atoms with E-state index < -0.39 is 0 Å². The lowest BCUT2D eigenvalue weighted by atomic mass is 10.1. The first-order valence-electron chi connectivity index (χ1n) is 7.11. The van der Waals surface area contributed by atoms with Crippen LogP contribution in [0, 0.1) is 0 Å². The predicted molar refractivity (Wildman–Crippen MR) is 80.8 cm³/mol. The van der Waals surface area contributed by atoms with Crippen LogP contribution >= 0.6 is 0 Å². The Kier molecular flexibility index (Phi) is 4.25. The summed E-state index contributed by atoms with van der Waals surface area (Å²) in [6, 6.07) is 14.8. The number of rotatable bonds is 5. The van der Waals surface area contributed by atoms with E-state index in [-0.39, 0.29) is 25.9 Å². The van der Waals surface area contributed by atoms with Gasteiger partial charge >= 0.3 is 0 Å². The largest absolute Gasteiger partial charge is 0.454 e. The van der Waals surface area contributed by atoms with Gasteiger partial charge in [-0.15, -0.1) is 0 Å². The second-order valence-corrected chi connectivity index (χ2v) is 5.00. The Balaban J connectivity index is 1.80. The SMILES string of the molecule is O=C(c1ccc2c(c1)OCO2)N(CCO)Cc1ccccc1. The summed E-state index contributed by atoms with van der Waals surface area (Å²) in [5, 5.41) is 9.23. The topological polar surface area (TPSA) is 59.0 Å². The Morgan fingerprint density at radius 1 is 1.09 bits per heavy atom. The van der Waals surface area contributed by atoms with Gasteiger partial charge in [-0.05, 0) is 23.8 Å². The first-order valence-corrected chi connectivity index (χ1v) is 7.11. The molecule has 0 atom stereocenters. The third-order valence-electron chi connectivity index (χ3n) is 3.49. The first kappa shape index (κ1) is 14.4. The number of nitrogens with zero attached hydrogens (tertiary/aromatic N) is 1. The summed E-state index contributed by atoms with van der Waals surface area (Å²) in [5.41, 5.74) is 1.54. The van der Waals surface area contributed by atoms with Crippen molar-refractivity contribution in [1.82, 2.24) is 4.90 Å². The van der Waals surface area contributed by atoms with Crippen molar-refractivity contribution in [3.8, 4) is 11.5 Å². The number of hydrogen-bond acceptors (Lipinski definition) is 4. The molecule has 3 rings (SSSR count). The average molecular weight is 299 g/mol. The summed E-state index contributed by atoms with van der Waals surface area (Å²) < 4.78 is 10.6. The second-order valence-electron chi connectivity index (χ2n) is 5.00. The zero-order valence-corrected chi connectivity index (χ0v) is 12.1. The monoisotopic (exact) mass is 299 g/mol. The van der Waals surface area contributed by atoms with Gasteiger partial charge in [0.25, 0.3) is 5.91 Å². The Labute approximate surface area is 128 Å². The van der Waals surface area contributed by atoms with Gasteiger partial charge in [0.15, 0.2) is 11.5 Å². The number of carbonyl (C=O) groups is 1. The van der Waals surface area contributed by atoms with Crippen molar-refractivity contribution in [3.63, 3.8) is 0 Å². The van der Waals surface area contributed by atoms with E-state index in [1.165, 1.54) is 0 Å². The summed E-state index contributed by atoms with van der Waals surface area (Å²) in [4.78, 5) is 14.3. The molecule has 2 aromatic carbocycles. The van der Waals surface area contributed by atoms with Crippen LogP contribution in [0.4, 0.5) is 0 Å². The molecular weight excluding hydrogens is 282 g/mol. The summed E-state index contributed by atoms with van der Waals surface area (Å²) in [6.45, 7) is 0.831. The fraction of sp³-hybridized carbons (Fsp3) is 0.235. The number of carbonyl (C=O) groups excluding carboxylic acids is 1. The standard InChI is InChI=1S/C17H17NO4/c19-9-8-18(11-13-4-2-1-3-5-13)17(20)14-6-7-15-16(10-14)22-12-21-15/h1-7,10,19H,8-9,11-12H2. The molecule has 0 saturated carbocycles. The molecule has 1 N–H and O–H groups in total. The number of benzene rings is 2. The smallest absolute Gasteiger partial charge is 0.254 e. The third-order valence-corrected chi connectivity index (χ3v) is 3.49. The summed E-state index contributed by atoms with van der Waals surface area (Å²) in [7, 11) is 0. The van der Waals surface area contributed by atoms with E-state index in [0.29, 0.717) is 23.6 Å². The van der Waals surface area contributed by atoms with Crippen molar-refractivity contribution in [2.75, 3.05) is 19.9 Å². The van der Waals surface area contributed by atoms with Crippen molar-refractivity contribution in [2.24, 2.45) is 0 Å². The van der Waals surface area contributed by atoms with Crippen LogP contribution in [0.25, 0.3) is 0 Å². The van der Waals surface area contributed by atoms with Gasteiger partial charge in [-0.3, -0.25) is 4.79 Å². The van der Waals surface area contributed by atoms with E-state index in [9.17, 15) is 9.90 Å². The molecule has 5 nitrogen and oxygen atoms in total. The number of amides is 1. The van der Waals surface area contributed by atoms with Crippen LogP contribution < -0.4 is 9.47 Å². The molecule has 1 aliphatic heterocycles. The van der Waals surface area contributed by atoms with E-state index in [0.717, 1.165) is 5.56 Å². The van der Waals surface area contributed by atoms with E-state index in [1.807, 2.05) is 30.3 Å². The maximum Gasteiger partial charge on any atom is 0.254 e. The highest BCUT2D eigenvalue weighted by atomic mass is 16.7. The molecule has 0 aliphatic carbocycles. The molecule has 1 aliphatic rings. The van der Waals surface area contributed by atoms with Gasteiger partial charge < -0.3 is 19.5 Å². The first-order chi connectivity index (χ1) is 10.8. The molecule has 0 spiro atoms. The van der Waals surface area contributed by atoms with Crippen LogP contribution in [0.15, 0.2) is 48.5 Å². The van der Waals surface area contributed by atoms with Crippen LogP contribution in [0.5, 0.6) is 11.5 Å². The van der Waals surface area contributed by atoms with Gasteiger partial charge in [0, 0.05) is 18.7 Å². The Bertz CT molecular complexity index is 657. The van der Waals surface area contributed by atoms with Gasteiger partial charge in [0.1, 0.15) is 0 Å². The average Bonchev–Trinajstić information content (AvgIpc) is 3.02. The molecule has 5 heteroatoms. The van der Waals surface area contributed by atoms with Crippen molar-refractivity contribution < 1.29 is 19.4 Å². The fourth-order valence-corrected chi connectivity index (χ4v) is 2.39. The second kappa shape index (κ2) is 6.49. The molecule has 1 amide bonds. The van der Waals surface area contributed by atoms with E-state index in [4.69, 9.17) is 9.47 Å². The number of hydrogen-bond donors (Lipinski definition) is 1. The van der Waals surface area contributed by atoms with Gasteiger partial charge in [-0.25, -0.2) is 0 Å². The molecule has 0 fully saturated rings. The lowest BCUT2D eigenvalue weighted by Crippen LogP contribution is -2.33. The highest BCUT2D eigenvalue weighted by Crippen LogP contribution is 2.32. The summed E-state index contributed by atoms with van der Waals surface area (Å²) in [5.74, 6) is 1.08. The highest BCUT2D eigenvalue weighted by molar-refractivity contribution is 5.95. The molecule has 0 bridgehead atoms. The lowest BCUT2D eigenvalue weighted by molar-refractivity contribution is 0.0707. The highest BCUT2D eigenvalue weighted by Gasteiger charge is 2.20. The van der Waals surface area contributed by atoms with Crippen LogP contribution in [0.3, 0.4) is 0 Å². The van der Waals surface area contributed by atoms with E-state index >= 15 is 0 Å². The molecule has 22 heavy (non-hydrogen) atoms. The molecule has 0 radical (unpaired) electrons. The number of aliphatic hydroxyl groups excluding tert-OH is 1. The minimum atomic E-state index is -0.142. The normalized spacial score (nSPS) is 12.2. The maximum absolute atomic E-state index is 12.7. The lowest BCUT2D eigenvalue weighted by Gasteiger charge is -2.22. The molecule has 0 unspecified atom stereocenters. The predicted octanol–water partition coefficient (Wildman–Crippen LogP) is 2.05. The van der Waals surface area contributed by atoms with Crippen molar-refractivity contribution in [2.45, 2.75) is 6.54 Å². The molecule has 114 valence electrons. The molecule has 0 saturated heterocycles. The molecule has 2 aromatic rings. The van der Waals surface area contributed by atoms with E-state index in [2.05, 4.69) is 0 Å². The Morgan fingerprint density at radius 2 is 1.86 bits per heavy atom. The van der Waals surface area contributed by atoms with Crippen LogP contribution in [-0.4, -0.2) is 35.9 Å². The number of fused-ring (bicyclic) bond motifs is 1. The van der Waals surface area contributed by atoms with Crippen molar-refractivity contribution >= 4 is 5.91 Å². The Hall–Kier alpha value is -2.53. The zero-order chi connectivity index (χ0) is 15.4. The molecule has 0 aromatic heterocycles. The van der Waals surface area contributed by atoms with Gasteiger partial charge in [0.2, 0.25) is 6.79 Å². The van der Waals surface area contributed by atoms with Gasteiger partial charge in [0.05, 0.1) is 6.61 Å². The van der Waals surface area contributed by atoms with Gasteiger partial charge in [-0.2, -0.15) is 0 Å². The van der Waals surface area contributed by atoms with Crippen molar-refractivity contribution in [1.29, 1.82) is 0 Å². The minimum absolute atomic E-state index is 0.0802. The van der Waals surface area contributed by atoms with Gasteiger partial charge in [-0.1, -0.05) is 30.3 Å². The summed E-state index contributed by atoms with van der Waals surface area (Å²) >= 11 is 0.